The van der Waals surface area contributed by atoms with Crippen LogP contribution in [-0.2, 0) is 0 Å². The number of ketones is 1. The third-order valence-corrected chi connectivity index (χ3v) is 4.03. The molecule has 1 aromatic heterocycles. The highest BCUT2D eigenvalue weighted by Crippen LogP contribution is 2.05. The number of unbranched alkanes of at least 4 members (excludes halogenated alkanes) is 4. The van der Waals surface area contributed by atoms with E-state index in [0.717, 1.165) is 32.1 Å². The molecule has 0 aliphatic heterocycles. The lowest BCUT2D eigenvalue weighted by atomic mass is 10.1. The fraction of sp³-hybridized carbons (Fsp3) is 0.478. The van der Waals surface area contributed by atoms with Crippen molar-refractivity contribution in [2.24, 2.45) is 0 Å². The van der Waals surface area contributed by atoms with Gasteiger partial charge < -0.3 is 4.98 Å². The van der Waals surface area contributed by atoms with Crippen LogP contribution < -0.4 is 0 Å². The minimum atomic E-state index is 0.137. The molecule has 0 aromatic carbocycles. The summed E-state index contributed by atoms with van der Waals surface area (Å²) < 4.78 is 0. The predicted molar refractivity (Wildman–Crippen MR) is 111 cm³/mol. The van der Waals surface area contributed by atoms with Gasteiger partial charge in [-0.15, -0.1) is 0 Å². The van der Waals surface area contributed by atoms with E-state index in [-0.39, 0.29) is 5.78 Å². The first-order chi connectivity index (χ1) is 12.8. The molecular formula is C23H34N2O. The molecule has 1 N–H and O–H groups in total. The second-order valence-corrected chi connectivity index (χ2v) is 6.37. The summed E-state index contributed by atoms with van der Waals surface area (Å²) in [7, 11) is 0. The molecule has 0 amide bonds. The summed E-state index contributed by atoms with van der Waals surface area (Å²) >= 11 is 0. The van der Waals surface area contributed by atoms with Crippen molar-refractivity contribution in [1.29, 1.82) is 0 Å². The van der Waals surface area contributed by atoms with Crippen molar-refractivity contribution in [2.45, 2.75) is 71.1 Å². The number of nitrogens with zero attached hydrogens (tertiary/aromatic N) is 1. The largest absolute Gasteiger partial charge is 0.342 e. The number of H-pyrrole nitrogens is 1. The van der Waals surface area contributed by atoms with Crippen LogP contribution in [-0.4, -0.2) is 15.8 Å². The number of Topliss-reactive ketones (excluding diaryl/α,β-unsaturated/α-hetero) is 1. The van der Waals surface area contributed by atoms with Crippen LogP contribution in [0.5, 0.6) is 0 Å². The Labute approximate surface area is 159 Å². The fourth-order valence-electron chi connectivity index (χ4n) is 2.48. The number of nitrogens with one attached hydrogen (secondary N) is 1. The lowest BCUT2D eigenvalue weighted by molar-refractivity contribution is 0.0976. The van der Waals surface area contributed by atoms with E-state index in [9.17, 15) is 4.79 Å². The van der Waals surface area contributed by atoms with Crippen LogP contribution in [0.2, 0.25) is 0 Å². The molecule has 0 aliphatic rings. The van der Waals surface area contributed by atoms with Crippen LogP contribution in [0.3, 0.4) is 0 Å². The first-order valence-electron chi connectivity index (χ1n) is 9.96. The number of imidazole rings is 1. The van der Waals surface area contributed by atoms with Crippen LogP contribution in [0.4, 0.5) is 0 Å². The van der Waals surface area contributed by atoms with Crippen molar-refractivity contribution in [3.63, 3.8) is 0 Å². The summed E-state index contributed by atoms with van der Waals surface area (Å²) in [5.74, 6) is 0.137. The Kier molecular flexibility index (Phi) is 13.7. The molecule has 1 aromatic rings. The van der Waals surface area contributed by atoms with Crippen molar-refractivity contribution >= 4 is 5.78 Å². The highest BCUT2D eigenvalue weighted by Gasteiger charge is 2.04. The molecule has 0 radical (unpaired) electrons. The Bertz CT molecular complexity index is 565. The van der Waals surface area contributed by atoms with Gasteiger partial charge in [-0.1, -0.05) is 68.4 Å². The molecule has 0 unspecified atom stereocenters. The van der Waals surface area contributed by atoms with Crippen LogP contribution in [0, 0.1) is 0 Å². The molecule has 26 heavy (non-hydrogen) atoms. The molecule has 0 atom stereocenters. The Morgan fingerprint density at radius 3 is 2.00 bits per heavy atom. The summed E-state index contributed by atoms with van der Waals surface area (Å²) in [6.07, 6.45) is 31.4. The van der Waals surface area contributed by atoms with Gasteiger partial charge in [0.1, 0.15) is 5.69 Å². The van der Waals surface area contributed by atoms with Crippen LogP contribution in [0.1, 0.15) is 81.6 Å². The molecule has 3 heteroatoms. The number of allylic oxidation sites excluding steroid dienone is 8. The fourth-order valence-corrected chi connectivity index (χ4v) is 2.48. The molecule has 1 rings (SSSR count). The molecule has 0 saturated heterocycles. The Hall–Kier alpha value is -2.16. The zero-order valence-electron chi connectivity index (χ0n) is 16.2. The van der Waals surface area contributed by atoms with E-state index in [4.69, 9.17) is 0 Å². The Morgan fingerprint density at radius 2 is 1.46 bits per heavy atom. The van der Waals surface area contributed by atoms with E-state index in [1.54, 1.807) is 12.5 Å². The van der Waals surface area contributed by atoms with E-state index in [1.807, 2.05) is 0 Å². The van der Waals surface area contributed by atoms with Gasteiger partial charge in [-0.25, -0.2) is 4.98 Å². The summed E-state index contributed by atoms with van der Waals surface area (Å²) in [5, 5.41) is 0. The summed E-state index contributed by atoms with van der Waals surface area (Å²) in [4.78, 5) is 18.5. The normalized spacial score (nSPS) is 12.3. The number of hydrogen-bond acceptors (Lipinski definition) is 2. The Balaban J connectivity index is 1.94. The third-order valence-electron chi connectivity index (χ3n) is 4.03. The second kappa shape index (κ2) is 16.3. The second-order valence-electron chi connectivity index (χ2n) is 6.37. The van der Waals surface area contributed by atoms with E-state index < -0.39 is 0 Å². The summed E-state index contributed by atoms with van der Waals surface area (Å²) in [6, 6.07) is 0. The first kappa shape index (κ1) is 21.9. The molecule has 0 aliphatic carbocycles. The molecule has 0 spiro atoms. The number of hydrogen-bond donors (Lipinski definition) is 1. The van der Waals surface area contributed by atoms with Gasteiger partial charge in [-0.2, -0.15) is 0 Å². The molecule has 0 saturated carbocycles. The number of rotatable bonds is 15. The van der Waals surface area contributed by atoms with Crippen LogP contribution >= 0.6 is 0 Å². The first-order valence-corrected chi connectivity index (χ1v) is 9.96. The highest BCUT2D eigenvalue weighted by molar-refractivity contribution is 5.93. The van der Waals surface area contributed by atoms with Gasteiger partial charge in [-0.3, -0.25) is 4.79 Å². The molecule has 3 nitrogen and oxygen atoms in total. The number of carbonyl (C=O) groups is 1. The van der Waals surface area contributed by atoms with Crippen LogP contribution in [0.15, 0.2) is 61.1 Å². The van der Waals surface area contributed by atoms with E-state index in [1.165, 1.54) is 25.7 Å². The van der Waals surface area contributed by atoms with Gasteiger partial charge in [0, 0.05) is 6.42 Å². The maximum absolute atomic E-state index is 11.7. The SMILES string of the molecule is CCCCCC=CCC=CCC=CCC=CCCCC(=O)c1cnc[nH]1. The highest BCUT2D eigenvalue weighted by atomic mass is 16.1. The molecule has 1 heterocycles. The van der Waals surface area contributed by atoms with Gasteiger partial charge in [0.05, 0.1) is 12.5 Å². The van der Waals surface area contributed by atoms with Crippen LogP contribution in [0.25, 0.3) is 0 Å². The van der Waals surface area contributed by atoms with Crippen molar-refractivity contribution in [3.05, 3.63) is 66.8 Å². The van der Waals surface area contributed by atoms with E-state index in [0.29, 0.717) is 12.1 Å². The molecule has 0 bridgehead atoms. The number of carbonyl (C=O) groups excluding carboxylic acids is 1. The summed E-state index contributed by atoms with van der Waals surface area (Å²) in [5.41, 5.74) is 0.608. The smallest absolute Gasteiger partial charge is 0.180 e. The average Bonchev–Trinajstić information content (AvgIpc) is 3.19. The minimum Gasteiger partial charge on any atom is -0.342 e. The molecule has 0 fully saturated rings. The van der Waals surface area contributed by atoms with Gasteiger partial charge in [0.2, 0.25) is 0 Å². The standard InChI is InChI=1S/C23H34N2O/c1-2-3-4-5-6-7-8-9-10-11-12-13-14-15-16-17-18-19-23(26)22-20-24-21-25-22/h6-7,9-10,12-13,15-16,20-21H,2-5,8,11,14,17-19H2,1H3,(H,24,25). The van der Waals surface area contributed by atoms with Gasteiger partial charge >= 0.3 is 0 Å². The maximum Gasteiger partial charge on any atom is 0.180 e. The molecule has 142 valence electrons. The quantitative estimate of drug-likeness (QED) is 0.215. The van der Waals surface area contributed by atoms with Crippen molar-refractivity contribution in [3.8, 4) is 0 Å². The van der Waals surface area contributed by atoms with Gasteiger partial charge in [-0.05, 0) is 44.9 Å². The number of aromatic nitrogens is 2. The minimum absolute atomic E-state index is 0.137. The monoisotopic (exact) mass is 354 g/mol. The lowest BCUT2D eigenvalue weighted by Crippen LogP contribution is -1.98. The van der Waals surface area contributed by atoms with Crippen molar-refractivity contribution < 1.29 is 4.79 Å². The average molecular weight is 355 g/mol. The topological polar surface area (TPSA) is 45.8 Å². The van der Waals surface area contributed by atoms with Gasteiger partial charge in [0.15, 0.2) is 5.78 Å². The Morgan fingerprint density at radius 1 is 0.885 bits per heavy atom. The third kappa shape index (κ3) is 12.2. The number of aromatic amines is 1. The lowest BCUT2D eigenvalue weighted by Gasteiger charge is -1.95. The summed E-state index contributed by atoms with van der Waals surface area (Å²) in [6.45, 7) is 2.24. The molecular weight excluding hydrogens is 320 g/mol. The maximum atomic E-state index is 11.7. The zero-order chi connectivity index (χ0) is 18.7. The van der Waals surface area contributed by atoms with Crippen molar-refractivity contribution in [2.75, 3.05) is 0 Å². The van der Waals surface area contributed by atoms with E-state index >= 15 is 0 Å². The zero-order valence-corrected chi connectivity index (χ0v) is 16.2. The van der Waals surface area contributed by atoms with E-state index in [2.05, 4.69) is 65.5 Å². The predicted octanol–water partition coefficient (Wildman–Crippen LogP) is 6.74. The van der Waals surface area contributed by atoms with Crippen molar-refractivity contribution in [1.82, 2.24) is 9.97 Å². The van der Waals surface area contributed by atoms with Gasteiger partial charge in [0.25, 0.3) is 0 Å².